The van der Waals surface area contributed by atoms with E-state index in [9.17, 15) is 4.79 Å². The lowest BCUT2D eigenvalue weighted by Gasteiger charge is -2.04. The third-order valence-corrected chi connectivity index (χ3v) is 2.93. The Morgan fingerprint density at radius 1 is 1.29 bits per heavy atom. The Morgan fingerprint density at radius 2 is 2.12 bits per heavy atom. The Balaban J connectivity index is 1.70. The molecule has 0 bridgehead atoms. The number of rotatable bonds is 8. The van der Waals surface area contributed by atoms with E-state index < -0.39 is 0 Å². The predicted molar refractivity (Wildman–Crippen MR) is 64.3 cm³/mol. The zero-order valence-electron chi connectivity index (χ0n) is 10.3. The standard InChI is InChI=1S/C12H20N2O3/c1-16-9-10-17-8-2-5-13-6-7-14(12(13)15)11-3-4-11/h6-7,11H,2-5,8-10H2,1H3. The van der Waals surface area contributed by atoms with E-state index in [0.717, 1.165) is 25.8 Å². The molecule has 5 nitrogen and oxygen atoms in total. The number of ether oxygens (including phenoxy) is 2. The van der Waals surface area contributed by atoms with Crippen LogP contribution in [0.25, 0.3) is 0 Å². The normalized spacial score (nSPS) is 15.4. The van der Waals surface area contributed by atoms with E-state index in [0.29, 0.717) is 25.9 Å². The second-order valence-electron chi connectivity index (χ2n) is 4.37. The highest BCUT2D eigenvalue weighted by molar-refractivity contribution is 4.91. The highest BCUT2D eigenvalue weighted by Crippen LogP contribution is 2.33. The summed E-state index contributed by atoms with van der Waals surface area (Å²) >= 11 is 0. The minimum atomic E-state index is 0.115. The fourth-order valence-electron chi connectivity index (χ4n) is 1.81. The van der Waals surface area contributed by atoms with Gasteiger partial charge in [0.2, 0.25) is 0 Å². The lowest BCUT2D eigenvalue weighted by Crippen LogP contribution is -2.24. The third-order valence-electron chi connectivity index (χ3n) is 2.93. The summed E-state index contributed by atoms with van der Waals surface area (Å²) in [7, 11) is 1.66. The molecule has 1 aliphatic rings. The Labute approximate surface area is 101 Å². The monoisotopic (exact) mass is 240 g/mol. The maximum Gasteiger partial charge on any atom is 0.328 e. The molecule has 0 saturated heterocycles. The minimum absolute atomic E-state index is 0.115. The molecule has 1 aliphatic carbocycles. The van der Waals surface area contributed by atoms with Gasteiger partial charge in [0.05, 0.1) is 13.2 Å². The SMILES string of the molecule is COCCOCCCn1ccn(C2CC2)c1=O. The van der Waals surface area contributed by atoms with Gasteiger partial charge in [0, 0.05) is 38.7 Å². The van der Waals surface area contributed by atoms with Crippen molar-refractivity contribution < 1.29 is 9.47 Å². The van der Waals surface area contributed by atoms with Gasteiger partial charge in [-0.2, -0.15) is 0 Å². The molecular weight excluding hydrogens is 220 g/mol. The first-order chi connectivity index (χ1) is 8.33. The van der Waals surface area contributed by atoms with Crippen molar-refractivity contribution in [3.05, 3.63) is 22.9 Å². The summed E-state index contributed by atoms with van der Waals surface area (Å²) in [5, 5.41) is 0. The van der Waals surface area contributed by atoms with Crippen molar-refractivity contribution in [3.8, 4) is 0 Å². The average molecular weight is 240 g/mol. The smallest absolute Gasteiger partial charge is 0.328 e. The number of hydrogen-bond donors (Lipinski definition) is 0. The van der Waals surface area contributed by atoms with Crippen molar-refractivity contribution in [3.63, 3.8) is 0 Å². The van der Waals surface area contributed by atoms with Crippen LogP contribution in [0.15, 0.2) is 17.2 Å². The van der Waals surface area contributed by atoms with E-state index in [4.69, 9.17) is 9.47 Å². The zero-order chi connectivity index (χ0) is 12.1. The van der Waals surface area contributed by atoms with Gasteiger partial charge in [0.1, 0.15) is 0 Å². The van der Waals surface area contributed by atoms with Gasteiger partial charge in [0.15, 0.2) is 0 Å². The van der Waals surface area contributed by atoms with Crippen molar-refractivity contribution in [1.29, 1.82) is 0 Å². The number of nitrogens with zero attached hydrogens (tertiary/aromatic N) is 2. The molecule has 1 aromatic heterocycles. The van der Waals surface area contributed by atoms with E-state index >= 15 is 0 Å². The Bertz CT molecular complexity index is 393. The van der Waals surface area contributed by atoms with Crippen LogP contribution < -0.4 is 5.69 Å². The Morgan fingerprint density at radius 3 is 2.82 bits per heavy atom. The molecule has 5 heteroatoms. The average Bonchev–Trinajstić information content (AvgIpc) is 3.10. The molecule has 0 aliphatic heterocycles. The molecule has 1 aromatic rings. The van der Waals surface area contributed by atoms with Crippen molar-refractivity contribution in [2.45, 2.75) is 31.8 Å². The number of hydrogen-bond acceptors (Lipinski definition) is 3. The molecule has 96 valence electrons. The van der Waals surface area contributed by atoms with Crippen LogP contribution in [0.3, 0.4) is 0 Å². The molecule has 17 heavy (non-hydrogen) atoms. The molecule has 1 saturated carbocycles. The number of imidazole rings is 1. The summed E-state index contributed by atoms with van der Waals surface area (Å²) in [6, 6.07) is 0.460. The van der Waals surface area contributed by atoms with Gasteiger partial charge in [-0.05, 0) is 19.3 Å². The molecule has 0 unspecified atom stereocenters. The second-order valence-corrected chi connectivity index (χ2v) is 4.37. The fraction of sp³-hybridized carbons (Fsp3) is 0.750. The van der Waals surface area contributed by atoms with Crippen LogP contribution in [0.2, 0.25) is 0 Å². The predicted octanol–water partition coefficient (Wildman–Crippen LogP) is 1.04. The molecule has 1 heterocycles. The van der Waals surface area contributed by atoms with Gasteiger partial charge in [-0.15, -0.1) is 0 Å². The highest BCUT2D eigenvalue weighted by Gasteiger charge is 2.25. The zero-order valence-corrected chi connectivity index (χ0v) is 10.3. The summed E-state index contributed by atoms with van der Waals surface area (Å²) < 4.78 is 13.8. The van der Waals surface area contributed by atoms with E-state index in [-0.39, 0.29) is 5.69 Å². The van der Waals surface area contributed by atoms with Gasteiger partial charge >= 0.3 is 5.69 Å². The summed E-state index contributed by atoms with van der Waals surface area (Å²) in [6.45, 7) is 2.64. The maximum atomic E-state index is 11.9. The topological polar surface area (TPSA) is 45.4 Å². The van der Waals surface area contributed by atoms with Crippen LogP contribution >= 0.6 is 0 Å². The Kier molecular flexibility index (Phi) is 4.39. The van der Waals surface area contributed by atoms with Gasteiger partial charge in [0.25, 0.3) is 0 Å². The molecule has 0 spiro atoms. The van der Waals surface area contributed by atoms with Crippen LogP contribution in [-0.2, 0) is 16.0 Å². The molecule has 0 amide bonds. The number of aryl methyl sites for hydroxylation is 1. The highest BCUT2D eigenvalue weighted by atomic mass is 16.5. The first-order valence-corrected chi connectivity index (χ1v) is 6.17. The molecule has 0 radical (unpaired) electrons. The van der Waals surface area contributed by atoms with Crippen LogP contribution in [0.1, 0.15) is 25.3 Å². The van der Waals surface area contributed by atoms with Gasteiger partial charge in [-0.3, -0.25) is 9.13 Å². The first kappa shape index (κ1) is 12.4. The largest absolute Gasteiger partial charge is 0.382 e. The quantitative estimate of drug-likeness (QED) is 0.638. The van der Waals surface area contributed by atoms with Gasteiger partial charge in [-0.25, -0.2) is 4.79 Å². The summed E-state index contributed by atoms with van der Waals surface area (Å²) in [4.78, 5) is 11.9. The minimum Gasteiger partial charge on any atom is -0.382 e. The van der Waals surface area contributed by atoms with Crippen molar-refractivity contribution in [1.82, 2.24) is 9.13 Å². The molecule has 0 N–H and O–H groups in total. The molecule has 1 fully saturated rings. The summed E-state index contributed by atoms with van der Waals surface area (Å²) in [6.07, 6.45) is 6.91. The van der Waals surface area contributed by atoms with E-state index in [1.54, 1.807) is 11.7 Å². The third kappa shape index (κ3) is 3.44. The van der Waals surface area contributed by atoms with Crippen molar-refractivity contribution in [2.24, 2.45) is 0 Å². The van der Waals surface area contributed by atoms with Crippen LogP contribution in [-0.4, -0.2) is 36.1 Å². The van der Waals surface area contributed by atoms with Crippen LogP contribution in [0.5, 0.6) is 0 Å². The summed E-state index contributed by atoms with van der Waals surface area (Å²) in [5.41, 5.74) is 0.115. The molecular formula is C12H20N2O3. The summed E-state index contributed by atoms with van der Waals surface area (Å²) in [5.74, 6) is 0. The van der Waals surface area contributed by atoms with E-state index in [1.807, 2.05) is 17.0 Å². The fourth-order valence-corrected chi connectivity index (χ4v) is 1.81. The molecule has 0 aromatic carbocycles. The van der Waals surface area contributed by atoms with Crippen LogP contribution in [0, 0.1) is 0 Å². The molecule has 2 rings (SSSR count). The lowest BCUT2D eigenvalue weighted by atomic mass is 10.4. The van der Waals surface area contributed by atoms with E-state index in [1.165, 1.54) is 0 Å². The van der Waals surface area contributed by atoms with Crippen LogP contribution in [0.4, 0.5) is 0 Å². The number of aromatic nitrogens is 2. The second kappa shape index (κ2) is 6.02. The Hall–Kier alpha value is -1.07. The van der Waals surface area contributed by atoms with Gasteiger partial charge < -0.3 is 9.47 Å². The molecule has 0 atom stereocenters. The lowest BCUT2D eigenvalue weighted by molar-refractivity contribution is 0.0679. The first-order valence-electron chi connectivity index (χ1n) is 6.17. The number of methoxy groups -OCH3 is 1. The van der Waals surface area contributed by atoms with Gasteiger partial charge in [-0.1, -0.05) is 0 Å². The maximum absolute atomic E-state index is 11.9. The van der Waals surface area contributed by atoms with Crippen molar-refractivity contribution in [2.75, 3.05) is 26.9 Å². The van der Waals surface area contributed by atoms with Crippen molar-refractivity contribution >= 4 is 0 Å². The van der Waals surface area contributed by atoms with E-state index in [2.05, 4.69) is 0 Å².